The molecule has 4 rings (SSSR count). The van der Waals surface area contributed by atoms with E-state index in [2.05, 4.69) is 4.98 Å². The van der Waals surface area contributed by atoms with Gasteiger partial charge < -0.3 is 14.1 Å². The van der Waals surface area contributed by atoms with Gasteiger partial charge in [-0.25, -0.2) is 12.8 Å². The number of ether oxygens (including phenoxy) is 1. The lowest BCUT2D eigenvalue weighted by Crippen LogP contribution is -2.30. The highest BCUT2D eigenvalue weighted by atomic mass is 32.2. The van der Waals surface area contributed by atoms with Crippen molar-refractivity contribution in [3.63, 3.8) is 0 Å². The molecule has 0 radical (unpaired) electrons. The Balaban J connectivity index is 1.82. The highest BCUT2D eigenvalue weighted by Gasteiger charge is 2.32. The Bertz CT molecular complexity index is 1090. The number of nitrogens with zero attached hydrogens (tertiary/aromatic N) is 2. The lowest BCUT2D eigenvalue weighted by atomic mass is 10.1. The Hall–Kier alpha value is -2.87. The van der Waals surface area contributed by atoms with Crippen molar-refractivity contribution in [1.29, 1.82) is 0 Å². The second-order valence-electron chi connectivity index (χ2n) is 6.86. The van der Waals surface area contributed by atoms with E-state index in [0.717, 1.165) is 31.4 Å². The van der Waals surface area contributed by atoms with Crippen molar-refractivity contribution in [2.45, 2.75) is 29.2 Å². The van der Waals surface area contributed by atoms with E-state index in [1.165, 1.54) is 12.1 Å². The molecule has 0 atom stereocenters. The summed E-state index contributed by atoms with van der Waals surface area (Å²) >= 11 is 0. The van der Waals surface area contributed by atoms with Gasteiger partial charge in [0.05, 0.1) is 12.0 Å². The molecule has 0 unspecified atom stereocenters. The van der Waals surface area contributed by atoms with E-state index in [-0.39, 0.29) is 21.7 Å². The molecule has 0 spiro atoms. The fourth-order valence-electron chi connectivity index (χ4n) is 3.35. The van der Waals surface area contributed by atoms with E-state index in [1.807, 2.05) is 4.90 Å². The number of hydrogen-bond acceptors (Lipinski definition) is 6. The monoisotopic (exact) mass is 416 g/mol. The zero-order chi connectivity index (χ0) is 20.4. The molecule has 3 aromatic rings. The highest BCUT2D eigenvalue weighted by molar-refractivity contribution is 7.91. The van der Waals surface area contributed by atoms with Gasteiger partial charge in [0.15, 0.2) is 0 Å². The van der Waals surface area contributed by atoms with Crippen LogP contribution in [0.5, 0.6) is 5.75 Å². The molecule has 29 heavy (non-hydrogen) atoms. The normalized spacial score (nSPS) is 14.8. The molecule has 0 amide bonds. The molecule has 6 nitrogen and oxygen atoms in total. The SMILES string of the molecule is COc1ccc(-c2nc(S(=O)(=O)c3ccc(F)cc3)c(N3CCCCC3)o2)cc1. The van der Waals surface area contributed by atoms with Crippen molar-refractivity contribution in [2.75, 3.05) is 25.1 Å². The van der Waals surface area contributed by atoms with Gasteiger partial charge in [0, 0.05) is 18.7 Å². The van der Waals surface area contributed by atoms with Crippen LogP contribution in [0.25, 0.3) is 11.5 Å². The van der Waals surface area contributed by atoms with Crippen molar-refractivity contribution in [2.24, 2.45) is 0 Å². The van der Waals surface area contributed by atoms with E-state index >= 15 is 0 Å². The number of oxazole rings is 1. The van der Waals surface area contributed by atoms with Crippen LogP contribution in [0.1, 0.15) is 19.3 Å². The molecule has 0 aliphatic carbocycles. The molecule has 0 N–H and O–H groups in total. The van der Waals surface area contributed by atoms with Gasteiger partial charge in [0.1, 0.15) is 11.6 Å². The fraction of sp³-hybridized carbons (Fsp3) is 0.286. The summed E-state index contributed by atoms with van der Waals surface area (Å²) in [6.45, 7) is 1.40. The van der Waals surface area contributed by atoms with E-state index in [9.17, 15) is 12.8 Å². The average Bonchev–Trinajstić information content (AvgIpc) is 3.21. The van der Waals surface area contributed by atoms with Crippen molar-refractivity contribution >= 4 is 15.7 Å². The van der Waals surface area contributed by atoms with Crippen LogP contribution in [-0.2, 0) is 9.84 Å². The molecule has 1 aromatic heterocycles. The summed E-state index contributed by atoms with van der Waals surface area (Å²) in [6, 6.07) is 11.8. The topological polar surface area (TPSA) is 72.6 Å². The third-order valence-corrected chi connectivity index (χ3v) is 6.61. The third-order valence-electron chi connectivity index (χ3n) is 4.94. The standard InChI is InChI=1S/C21H21FN2O4S/c1-27-17-9-5-15(6-10-17)19-23-20(21(28-19)24-13-3-2-4-14-24)29(25,26)18-11-7-16(22)8-12-18/h5-12H,2-4,13-14H2,1H3. The lowest BCUT2D eigenvalue weighted by molar-refractivity contribution is 0.415. The molecule has 152 valence electrons. The number of methoxy groups -OCH3 is 1. The van der Waals surface area contributed by atoms with Gasteiger partial charge in [-0.15, -0.1) is 0 Å². The molecular weight excluding hydrogens is 395 g/mol. The maximum absolute atomic E-state index is 13.3. The summed E-state index contributed by atoms with van der Waals surface area (Å²) in [6.07, 6.45) is 3.00. The van der Waals surface area contributed by atoms with Gasteiger partial charge in [0.25, 0.3) is 0 Å². The molecule has 1 saturated heterocycles. The summed E-state index contributed by atoms with van der Waals surface area (Å²) in [5, 5.41) is -0.142. The van der Waals surface area contributed by atoms with Crippen LogP contribution >= 0.6 is 0 Å². The number of piperidine rings is 1. The Morgan fingerprint density at radius 1 is 1.00 bits per heavy atom. The van der Waals surface area contributed by atoms with Crippen LogP contribution in [0.15, 0.2) is 62.9 Å². The van der Waals surface area contributed by atoms with E-state index < -0.39 is 15.7 Å². The quantitative estimate of drug-likeness (QED) is 0.577. The van der Waals surface area contributed by atoms with Crippen molar-refractivity contribution in [1.82, 2.24) is 4.98 Å². The molecule has 8 heteroatoms. The zero-order valence-corrected chi connectivity index (χ0v) is 16.8. The molecule has 2 aromatic carbocycles. The third kappa shape index (κ3) is 3.85. The average molecular weight is 416 g/mol. The Labute approximate surface area is 168 Å². The molecule has 2 heterocycles. The number of rotatable bonds is 5. The first kappa shape index (κ1) is 19.4. The maximum atomic E-state index is 13.3. The lowest BCUT2D eigenvalue weighted by Gasteiger charge is -2.26. The van der Waals surface area contributed by atoms with Crippen molar-refractivity contribution < 1.29 is 22.0 Å². The second-order valence-corrected chi connectivity index (χ2v) is 8.73. The number of anilines is 1. The number of hydrogen-bond donors (Lipinski definition) is 0. The molecule has 1 aliphatic rings. The van der Waals surface area contributed by atoms with Gasteiger partial charge >= 0.3 is 0 Å². The molecule has 0 saturated carbocycles. The van der Waals surface area contributed by atoms with Gasteiger partial charge in [-0.2, -0.15) is 4.98 Å². The van der Waals surface area contributed by atoms with E-state index in [0.29, 0.717) is 24.4 Å². The predicted molar refractivity (Wildman–Crippen MR) is 106 cm³/mol. The largest absolute Gasteiger partial charge is 0.497 e. The number of sulfone groups is 1. The molecular formula is C21H21FN2O4S. The fourth-order valence-corrected chi connectivity index (χ4v) is 4.67. The summed E-state index contributed by atoms with van der Waals surface area (Å²) in [5.41, 5.74) is 0.643. The Morgan fingerprint density at radius 2 is 1.66 bits per heavy atom. The van der Waals surface area contributed by atoms with Crippen LogP contribution in [0, 0.1) is 5.82 Å². The van der Waals surface area contributed by atoms with Crippen molar-refractivity contribution in [3.8, 4) is 17.2 Å². The smallest absolute Gasteiger partial charge is 0.236 e. The second kappa shape index (κ2) is 7.87. The van der Waals surface area contributed by atoms with Gasteiger partial charge in [-0.05, 0) is 67.8 Å². The van der Waals surface area contributed by atoms with Gasteiger partial charge in [-0.1, -0.05) is 0 Å². The van der Waals surface area contributed by atoms with Crippen LogP contribution in [0.2, 0.25) is 0 Å². The Kier molecular flexibility index (Phi) is 5.27. The molecule has 1 aliphatic heterocycles. The maximum Gasteiger partial charge on any atom is 0.236 e. The van der Waals surface area contributed by atoms with E-state index in [1.54, 1.807) is 31.4 Å². The molecule has 1 fully saturated rings. The van der Waals surface area contributed by atoms with Crippen LogP contribution in [-0.4, -0.2) is 33.6 Å². The van der Waals surface area contributed by atoms with Crippen LogP contribution in [0.4, 0.5) is 10.3 Å². The highest BCUT2D eigenvalue weighted by Crippen LogP contribution is 2.36. The van der Waals surface area contributed by atoms with Gasteiger partial charge in [-0.3, -0.25) is 0 Å². The first-order chi connectivity index (χ1) is 14.0. The van der Waals surface area contributed by atoms with Crippen molar-refractivity contribution in [3.05, 3.63) is 54.3 Å². The van der Waals surface area contributed by atoms with Crippen LogP contribution in [0.3, 0.4) is 0 Å². The number of aromatic nitrogens is 1. The minimum absolute atomic E-state index is 0.0215. The molecule has 0 bridgehead atoms. The number of halogens is 1. The summed E-state index contributed by atoms with van der Waals surface area (Å²) in [4.78, 5) is 6.25. The zero-order valence-electron chi connectivity index (χ0n) is 16.0. The summed E-state index contributed by atoms with van der Waals surface area (Å²) in [5.74, 6) is 0.628. The Morgan fingerprint density at radius 3 is 2.28 bits per heavy atom. The minimum Gasteiger partial charge on any atom is -0.497 e. The minimum atomic E-state index is -3.97. The number of benzene rings is 2. The predicted octanol–water partition coefficient (Wildman–Crippen LogP) is 4.31. The van der Waals surface area contributed by atoms with Gasteiger partial charge in [0.2, 0.25) is 26.6 Å². The first-order valence-corrected chi connectivity index (χ1v) is 10.9. The van der Waals surface area contributed by atoms with Crippen LogP contribution < -0.4 is 9.64 Å². The summed E-state index contributed by atoms with van der Waals surface area (Å²) in [7, 11) is -2.40. The van der Waals surface area contributed by atoms with E-state index in [4.69, 9.17) is 9.15 Å². The summed E-state index contributed by atoms with van der Waals surface area (Å²) < 4.78 is 50.9. The first-order valence-electron chi connectivity index (χ1n) is 9.40.